The van der Waals surface area contributed by atoms with Crippen LogP contribution in [0.4, 0.5) is 5.82 Å². The van der Waals surface area contributed by atoms with Crippen LogP contribution in [0.3, 0.4) is 0 Å². The van der Waals surface area contributed by atoms with Gasteiger partial charge in [-0.2, -0.15) is 0 Å². The lowest BCUT2D eigenvalue weighted by Crippen LogP contribution is -2.44. The minimum atomic E-state index is 0.716. The first kappa shape index (κ1) is 10.8. The predicted molar refractivity (Wildman–Crippen MR) is 73.2 cm³/mol. The molecule has 2 fully saturated rings. The first-order valence-corrected chi connectivity index (χ1v) is 7.29. The maximum absolute atomic E-state index is 5.01. The molecular weight excluding hydrogens is 222 g/mol. The molecule has 3 heteroatoms. The molecule has 2 aliphatic carbocycles. The lowest BCUT2D eigenvalue weighted by atomic mass is 9.87. The minimum absolute atomic E-state index is 0.716. The van der Waals surface area contributed by atoms with Crippen molar-refractivity contribution in [3.05, 3.63) is 23.4 Å². The van der Waals surface area contributed by atoms with Gasteiger partial charge < -0.3 is 10.2 Å². The van der Waals surface area contributed by atoms with Crippen LogP contribution in [0, 0.1) is 5.92 Å². The molecule has 1 aromatic heterocycles. The van der Waals surface area contributed by atoms with Crippen molar-refractivity contribution in [3.63, 3.8) is 0 Å². The molecule has 3 nitrogen and oxygen atoms in total. The summed E-state index contributed by atoms with van der Waals surface area (Å²) in [5.74, 6) is 3.65. The summed E-state index contributed by atoms with van der Waals surface area (Å²) in [6.45, 7) is 6.72. The normalized spacial score (nSPS) is 33.8. The van der Waals surface area contributed by atoms with Crippen molar-refractivity contribution in [1.29, 1.82) is 0 Å². The van der Waals surface area contributed by atoms with Gasteiger partial charge in [-0.15, -0.1) is 0 Å². The molecule has 3 aliphatic rings. The number of nitrogens with one attached hydrogen (secondary N) is 1. The van der Waals surface area contributed by atoms with E-state index < -0.39 is 0 Å². The molecule has 1 saturated heterocycles. The van der Waals surface area contributed by atoms with Crippen LogP contribution in [-0.2, 0) is 0 Å². The van der Waals surface area contributed by atoms with Crippen molar-refractivity contribution >= 4 is 5.82 Å². The number of aromatic nitrogens is 1. The van der Waals surface area contributed by atoms with Gasteiger partial charge in [-0.3, -0.25) is 0 Å². The number of piperazine rings is 1. The molecular formula is C15H21N3. The minimum Gasteiger partial charge on any atom is -0.354 e. The first-order valence-electron chi connectivity index (χ1n) is 7.29. The Morgan fingerprint density at radius 1 is 1.22 bits per heavy atom. The summed E-state index contributed by atoms with van der Waals surface area (Å²) in [5, 5.41) is 3.40. The number of fused-ring (bicyclic) bond motifs is 3. The van der Waals surface area contributed by atoms with Gasteiger partial charge >= 0.3 is 0 Å². The van der Waals surface area contributed by atoms with Gasteiger partial charge in [0, 0.05) is 37.8 Å². The van der Waals surface area contributed by atoms with Crippen molar-refractivity contribution in [2.24, 2.45) is 5.92 Å². The molecule has 0 spiro atoms. The number of anilines is 1. The van der Waals surface area contributed by atoms with Crippen LogP contribution >= 0.6 is 0 Å². The molecule has 1 aliphatic heterocycles. The van der Waals surface area contributed by atoms with Crippen molar-refractivity contribution in [3.8, 4) is 0 Å². The fraction of sp³-hybridized carbons (Fsp3) is 0.667. The monoisotopic (exact) mass is 243 g/mol. The highest BCUT2D eigenvalue weighted by Crippen LogP contribution is 2.57. The van der Waals surface area contributed by atoms with Crippen LogP contribution in [0.1, 0.15) is 42.9 Å². The van der Waals surface area contributed by atoms with Crippen LogP contribution in [0.2, 0.25) is 0 Å². The van der Waals surface area contributed by atoms with Crippen LogP contribution in [0.5, 0.6) is 0 Å². The summed E-state index contributed by atoms with van der Waals surface area (Å²) in [4.78, 5) is 7.43. The van der Waals surface area contributed by atoms with E-state index in [9.17, 15) is 0 Å². The van der Waals surface area contributed by atoms with E-state index in [0.29, 0.717) is 5.92 Å². The van der Waals surface area contributed by atoms with Gasteiger partial charge in [0.1, 0.15) is 5.82 Å². The molecule has 18 heavy (non-hydrogen) atoms. The molecule has 1 unspecified atom stereocenters. The number of hydrogen-bond acceptors (Lipinski definition) is 3. The van der Waals surface area contributed by atoms with E-state index in [1.54, 1.807) is 0 Å². The van der Waals surface area contributed by atoms with Crippen LogP contribution in [-0.4, -0.2) is 31.2 Å². The Labute approximate surface area is 109 Å². The zero-order chi connectivity index (χ0) is 12.1. The van der Waals surface area contributed by atoms with Crippen molar-refractivity contribution in [1.82, 2.24) is 10.3 Å². The van der Waals surface area contributed by atoms with Crippen molar-refractivity contribution in [2.45, 2.75) is 31.6 Å². The maximum atomic E-state index is 5.01. The molecule has 2 heterocycles. The maximum Gasteiger partial charge on any atom is 0.128 e. The van der Waals surface area contributed by atoms with Gasteiger partial charge in [-0.1, -0.05) is 13.0 Å². The summed E-state index contributed by atoms with van der Waals surface area (Å²) in [7, 11) is 0. The molecule has 0 amide bonds. The molecule has 1 aromatic rings. The molecule has 0 aromatic carbocycles. The fourth-order valence-electron chi connectivity index (χ4n) is 3.68. The Balaban J connectivity index is 1.68. The second-order valence-corrected chi connectivity index (χ2v) is 6.12. The largest absolute Gasteiger partial charge is 0.354 e. The predicted octanol–water partition coefficient (Wildman–Crippen LogP) is 2.10. The molecule has 0 bridgehead atoms. The summed E-state index contributed by atoms with van der Waals surface area (Å²) in [5.41, 5.74) is 2.95. The molecule has 3 atom stereocenters. The Morgan fingerprint density at radius 3 is 2.89 bits per heavy atom. The van der Waals surface area contributed by atoms with Gasteiger partial charge in [0.25, 0.3) is 0 Å². The van der Waals surface area contributed by atoms with Gasteiger partial charge in [0.15, 0.2) is 0 Å². The standard InChI is InChI=1S/C15H21N3/c1-10-8-11-9-13(11)15-12(10)2-3-14(17-15)18-6-4-16-5-7-18/h2-3,10-11,13,16H,4-9H2,1H3/t10-,11+,13?/m0/s1. The smallest absolute Gasteiger partial charge is 0.128 e. The highest BCUT2D eigenvalue weighted by atomic mass is 15.2. The lowest BCUT2D eigenvalue weighted by molar-refractivity contribution is 0.559. The van der Waals surface area contributed by atoms with Crippen LogP contribution in [0.25, 0.3) is 0 Å². The molecule has 4 rings (SSSR count). The van der Waals surface area contributed by atoms with E-state index in [-0.39, 0.29) is 0 Å². The van der Waals surface area contributed by atoms with E-state index in [2.05, 4.69) is 29.3 Å². The fourth-order valence-corrected chi connectivity index (χ4v) is 3.68. The average Bonchev–Trinajstić information content (AvgIpc) is 3.19. The van der Waals surface area contributed by atoms with Crippen molar-refractivity contribution < 1.29 is 0 Å². The Kier molecular flexibility index (Phi) is 2.37. The Bertz CT molecular complexity index is 465. The van der Waals surface area contributed by atoms with Gasteiger partial charge in [0.2, 0.25) is 0 Å². The molecule has 0 radical (unpaired) electrons. The third-order valence-corrected chi connectivity index (χ3v) is 4.84. The second-order valence-electron chi connectivity index (χ2n) is 6.12. The second kappa shape index (κ2) is 3.95. The third kappa shape index (κ3) is 1.64. The SMILES string of the molecule is C[C@H]1C[C@@H]2CC2c2nc(N3CCNCC3)ccc21. The first-order chi connectivity index (χ1) is 8.83. The van der Waals surface area contributed by atoms with E-state index in [0.717, 1.165) is 38.0 Å². The van der Waals surface area contributed by atoms with Crippen molar-refractivity contribution in [2.75, 3.05) is 31.1 Å². The van der Waals surface area contributed by atoms with E-state index in [1.165, 1.54) is 29.9 Å². The van der Waals surface area contributed by atoms with Crippen LogP contribution < -0.4 is 10.2 Å². The summed E-state index contributed by atoms with van der Waals surface area (Å²) >= 11 is 0. The van der Waals surface area contributed by atoms with Gasteiger partial charge in [-0.25, -0.2) is 4.98 Å². The molecule has 1 N–H and O–H groups in total. The number of nitrogens with zero attached hydrogens (tertiary/aromatic N) is 2. The zero-order valence-electron chi connectivity index (χ0n) is 11.0. The molecule has 96 valence electrons. The van der Waals surface area contributed by atoms with Gasteiger partial charge in [0.05, 0.1) is 0 Å². The number of pyridine rings is 1. The Morgan fingerprint density at radius 2 is 2.06 bits per heavy atom. The summed E-state index contributed by atoms with van der Waals surface area (Å²) in [6.07, 6.45) is 2.77. The topological polar surface area (TPSA) is 28.2 Å². The third-order valence-electron chi connectivity index (χ3n) is 4.84. The van der Waals surface area contributed by atoms with E-state index in [4.69, 9.17) is 4.98 Å². The Hall–Kier alpha value is -1.09. The zero-order valence-corrected chi connectivity index (χ0v) is 11.0. The van der Waals surface area contributed by atoms with E-state index >= 15 is 0 Å². The quantitative estimate of drug-likeness (QED) is 0.818. The highest BCUT2D eigenvalue weighted by molar-refractivity contribution is 5.46. The van der Waals surface area contributed by atoms with Crippen LogP contribution in [0.15, 0.2) is 12.1 Å². The average molecular weight is 243 g/mol. The number of rotatable bonds is 1. The summed E-state index contributed by atoms with van der Waals surface area (Å²) < 4.78 is 0. The van der Waals surface area contributed by atoms with E-state index in [1.807, 2.05) is 0 Å². The van der Waals surface area contributed by atoms with Gasteiger partial charge in [-0.05, 0) is 36.3 Å². The number of hydrogen-bond donors (Lipinski definition) is 1. The highest BCUT2D eigenvalue weighted by Gasteiger charge is 2.45. The molecule has 1 saturated carbocycles. The lowest BCUT2D eigenvalue weighted by Gasteiger charge is -2.30. The summed E-state index contributed by atoms with van der Waals surface area (Å²) in [6, 6.07) is 4.59.